The van der Waals surface area contributed by atoms with Crippen LogP contribution in [0.3, 0.4) is 0 Å². The van der Waals surface area contributed by atoms with Crippen LogP contribution in [0.4, 0.5) is 0 Å². The molecule has 0 saturated carbocycles. The molecule has 1 atom stereocenters. The number of benzene rings is 1. The Hall–Kier alpha value is -1.65. The molecule has 1 heterocycles. The maximum Gasteiger partial charge on any atom is 0.0624 e. The van der Waals surface area contributed by atoms with Crippen molar-refractivity contribution in [3.63, 3.8) is 0 Å². The number of rotatable bonds is 6. The first-order chi connectivity index (χ1) is 10.1. The zero-order valence-corrected chi connectivity index (χ0v) is 13.5. The van der Waals surface area contributed by atoms with E-state index in [9.17, 15) is 0 Å². The van der Waals surface area contributed by atoms with Gasteiger partial charge in [-0.3, -0.25) is 16.0 Å². The van der Waals surface area contributed by atoms with Crippen molar-refractivity contribution < 1.29 is 0 Å². The van der Waals surface area contributed by atoms with Crippen LogP contribution in [-0.4, -0.2) is 9.78 Å². The van der Waals surface area contributed by atoms with Crippen LogP contribution in [-0.2, 0) is 19.4 Å². The van der Waals surface area contributed by atoms with Gasteiger partial charge in [0.05, 0.1) is 11.7 Å². The topological polar surface area (TPSA) is 55.9 Å². The predicted octanol–water partition coefficient (Wildman–Crippen LogP) is 2.83. The molecular formula is C17H26N4. The molecule has 0 aliphatic rings. The Balaban J connectivity index is 2.31. The second-order valence-corrected chi connectivity index (χ2v) is 5.51. The van der Waals surface area contributed by atoms with Gasteiger partial charge >= 0.3 is 0 Å². The molecule has 3 N–H and O–H groups in total. The van der Waals surface area contributed by atoms with Gasteiger partial charge in [-0.05, 0) is 49.9 Å². The third-order valence-electron chi connectivity index (χ3n) is 4.21. The lowest BCUT2D eigenvalue weighted by molar-refractivity contribution is 0.514. The number of hydrogen-bond acceptors (Lipinski definition) is 3. The van der Waals surface area contributed by atoms with Crippen LogP contribution in [0.1, 0.15) is 48.0 Å². The van der Waals surface area contributed by atoms with Gasteiger partial charge in [-0.2, -0.15) is 5.10 Å². The van der Waals surface area contributed by atoms with E-state index in [0.29, 0.717) is 0 Å². The summed E-state index contributed by atoms with van der Waals surface area (Å²) in [5, 5.41) is 4.62. The highest BCUT2D eigenvalue weighted by Crippen LogP contribution is 2.23. The summed E-state index contributed by atoms with van der Waals surface area (Å²) in [6.45, 7) is 9.44. The van der Waals surface area contributed by atoms with Gasteiger partial charge in [0.1, 0.15) is 0 Å². The molecular weight excluding hydrogens is 260 g/mol. The van der Waals surface area contributed by atoms with Gasteiger partial charge in [0.25, 0.3) is 0 Å². The number of nitrogens with zero attached hydrogens (tertiary/aromatic N) is 2. The second-order valence-electron chi connectivity index (χ2n) is 5.51. The Labute approximate surface area is 127 Å². The first kappa shape index (κ1) is 15.7. The van der Waals surface area contributed by atoms with Gasteiger partial charge in [-0.25, -0.2) is 0 Å². The van der Waals surface area contributed by atoms with Gasteiger partial charge in [-0.1, -0.05) is 25.1 Å². The first-order valence-electron chi connectivity index (χ1n) is 7.68. The van der Waals surface area contributed by atoms with Crippen LogP contribution in [0.2, 0.25) is 0 Å². The Morgan fingerprint density at radius 2 is 2.05 bits per heavy atom. The molecule has 114 valence electrons. The van der Waals surface area contributed by atoms with Crippen molar-refractivity contribution in [1.82, 2.24) is 15.2 Å². The summed E-state index contributed by atoms with van der Waals surface area (Å²) < 4.78 is 2.08. The van der Waals surface area contributed by atoms with Gasteiger partial charge in [0, 0.05) is 18.7 Å². The average molecular weight is 286 g/mol. The van der Waals surface area contributed by atoms with E-state index in [2.05, 4.69) is 67.2 Å². The molecule has 0 saturated heterocycles. The van der Waals surface area contributed by atoms with Crippen LogP contribution in [0, 0.1) is 13.8 Å². The van der Waals surface area contributed by atoms with Gasteiger partial charge in [0.2, 0.25) is 0 Å². The lowest BCUT2D eigenvalue weighted by atomic mass is 9.95. The van der Waals surface area contributed by atoms with E-state index >= 15 is 0 Å². The van der Waals surface area contributed by atoms with E-state index in [1.54, 1.807) is 0 Å². The number of nitrogens with one attached hydrogen (secondary N) is 1. The number of hydrazine groups is 1. The van der Waals surface area contributed by atoms with Crippen LogP contribution in [0.5, 0.6) is 0 Å². The summed E-state index contributed by atoms with van der Waals surface area (Å²) in [6, 6.07) is 8.69. The fourth-order valence-corrected chi connectivity index (χ4v) is 2.74. The molecule has 1 aromatic heterocycles. The van der Waals surface area contributed by atoms with Crippen molar-refractivity contribution in [1.29, 1.82) is 0 Å². The SMILES string of the molecule is CCc1cc(CC(NN)c2cccc(C)c2C)n(CC)n1. The monoisotopic (exact) mass is 286 g/mol. The summed E-state index contributed by atoms with van der Waals surface area (Å²) in [5.74, 6) is 5.82. The maximum absolute atomic E-state index is 5.82. The van der Waals surface area contributed by atoms with E-state index in [1.165, 1.54) is 22.4 Å². The smallest absolute Gasteiger partial charge is 0.0624 e. The summed E-state index contributed by atoms with van der Waals surface area (Å²) >= 11 is 0. The predicted molar refractivity (Wildman–Crippen MR) is 87.0 cm³/mol. The van der Waals surface area contributed by atoms with E-state index in [4.69, 9.17) is 5.84 Å². The van der Waals surface area contributed by atoms with Crippen LogP contribution >= 0.6 is 0 Å². The van der Waals surface area contributed by atoms with Crippen molar-refractivity contribution in [2.24, 2.45) is 5.84 Å². The summed E-state index contributed by atoms with van der Waals surface area (Å²) in [5.41, 5.74) is 9.21. The molecule has 21 heavy (non-hydrogen) atoms. The molecule has 4 heteroatoms. The fraction of sp³-hybridized carbons (Fsp3) is 0.471. The summed E-state index contributed by atoms with van der Waals surface area (Å²) in [4.78, 5) is 0. The Morgan fingerprint density at radius 3 is 2.67 bits per heavy atom. The lowest BCUT2D eigenvalue weighted by Gasteiger charge is -2.20. The van der Waals surface area contributed by atoms with Crippen molar-refractivity contribution >= 4 is 0 Å². The van der Waals surface area contributed by atoms with Crippen molar-refractivity contribution in [3.05, 3.63) is 52.3 Å². The van der Waals surface area contributed by atoms with E-state index < -0.39 is 0 Å². The zero-order chi connectivity index (χ0) is 15.4. The molecule has 0 spiro atoms. The lowest BCUT2D eigenvalue weighted by Crippen LogP contribution is -2.30. The zero-order valence-electron chi connectivity index (χ0n) is 13.5. The molecule has 0 amide bonds. The summed E-state index contributed by atoms with van der Waals surface area (Å²) in [6.07, 6.45) is 1.81. The third kappa shape index (κ3) is 3.34. The largest absolute Gasteiger partial charge is 0.271 e. The number of hydrogen-bond donors (Lipinski definition) is 2. The van der Waals surface area contributed by atoms with Gasteiger partial charge in [-0.15, -0.1) is 0 Å². The average Bonchev–Trinajstić information content (AvgIpc) is 2.90. The molecule has 4 nitrogen and oxygen atoms in total. The molecule has 0 radical (unpaired) electrons. The number of aromatic nitrogens is 2. The molecule has 2 rings (SSSR count). The highest BCUT2D eigenvalue weighted by Gasteiger charge is 2.17. The highest BCUT2D eigenvalue weighted by atomic mass is 15.3. The normalized spacial score (nSPS) is 12.6. The number of nitrogens with two attached hydrogens (primary N) is 1. The van der Waals surface area contributed by atoms with Crippen molar-refractivity contribution in [2.45, 2.75) is 53.1 Å². The van der Waals surface area contributed by atoms with Gasteiger partial charge in [0.15, 0.2) is 0 Å². The minimum Gasteiger partial charge on any atom is -0.271 e. The Kier molecular flexibility index (Phi) is 5.15. The van der Waals surface area contributed by atoms with Crippen molar-refractivity contribution in [3.8, 4) is 0 Å². The maximum atomic E-state index is 5.82. The molecule has 0 aliphatic carbocycles. The Morgan fingerprint density at radius 1 is 1.29 bits per heavy atom. The number of aryl methyl sites for hydroxylation is 3. The van der Waals surface area contributed by atoms with Crippen LogP contribution in [0.15, 0.2) is 24.3 Å². The van der Waals surface area contributed by atoms with Crippen molar-refractivity contribution in [2.75, 3.05) is 0 Å². The fourth-order valence-electron chi connectivity index (χ4n) is 2.74. The third-order valence-corrected chi connectivity index (χ3v) is 4.21. The minimum atomic E-state index is 0.108. The molecule has 1 aromatic carbocycles. The van der Waals surface area contributed by atoms with E-state index in [-0.39, 0.29) is 6.04 Å². The summed E-state index contributed by atoms with van der Waals surface area (Å²) in [7, 11) is 0. The molecule has 0 bridgehead atoms. The highest BCUT2D eigenvalue weighted by molar-refractivity contribution is 5.36. The van der Waals surface area contributed by atoms with E-state index in [1.807, 2.05) is 0 Å². The first-order valence-corrected chi connectivity index (χ1v) is 7.68. The molecule has 0 aliphatic heterocycles. The quantitative estimate of drug-likeness (QED) is 0.634. The van der Waals surface area contributed by atoms with E-state index in [0.717, 1.165) is 25.1 Å². The Bertz CT molecular complexity index is 601. The van der Waals surface area contributed by atoms with Crippen LogP contribution in [0.25, 0.3) is 0 Å². The van der Waals surface area contributed by atoms with Gasteiger partial charge < -0.3 is 0 Å². The van der Waals surface area contributed by atoms with Crippen LogP contribution < -0.4 is 11.3 Å². The molecule has 2 aromatic rings. The minimum absolute atomic E-state index is 0.108. The molecule has 0 fully saturated rings. The molecule has 1 unspecified atom stereocenters. The second kappa shape index (κ2) is 6.87. The standard InChI is InChI=1S/C17H26N4/c1-5-14-10-15(21(6-2)20-14)11-17(19-18)16-9-7-8-12(3)13(16)4/h7-10,17,19H,5-6,11,18H2,1-4H3.